The Balaban J connectivity index is 1.92. The first-order chi connectivity index (χ1) is 13.3. The molecular weight excluding hydrogens is 386 g/mol. The highest BCUT2D eigenvalue weighted by Crippen LogP contribution is 2.14. The quantitative estimate of drug-likeness (QED) is 0.462. The van der Waals surface area contributed by atoms with Crippen LogP contribution in [-0.4, -0.2) is 33.2 Å². The van der Waals surface area contributed by atoms with E-state index >= 15 is 0 Å². The number of aliphatic imine (C=N–C) groups is 1. The molecule has 0 radical (unpaired) electrons. The van der Waals surface area contributed by atoms with E-state index in [0.29, 0.717) is 23.6 Å². The molecule has 0 aliphatic heterocycles. The van der Waals surface area contributed by atoms with Gasteiger partial charge >= 0.3 is 0 Å². The Hall–Kier alpha value is -2.68. The van der Waals surface area contributed by atoms with Crippen molar-refractivity contribution in [1.82, 2.24) is 10.6 Å². The fraction of sp³-hybridized carbons (Fsp3) is 0.316. The Morgan fingerprint density at radius 3 is 2.50 bits per heavy atom. The van der Waals surface area contributed by atoms with E-state index in [0.717, 1.165) is 6.07 Å². The van der Waals surface area contributed by atoms with Gasteiger partial charge in [0.05, 0.1) is 18.0 Å². The first kappa shape index (κ1) is 21.6. The molecule has 2 aromatic rings. The lowest BCUT2D eigenvalue weighted by atomic mass is 10.2. The molecule has 0 bridgehead atoms. The van der Waals surface area contributed by atoms with Gasteiger partial charge in [0.25, 0.3) is 0 Å². The zero-order valence-electron chi connectivity index (χ0n) is 15.8. The van der Waals surface area contributed by atoms with Crippen molar-refractivity contribution >= 4 is 21.7 Å². The number of nitrogens with one attached hydrogen (secondary N) is 3. The minimum absolute atomic E-state index is 0.0762. The van der Waals surface area contributed by atoms with E-state index in [1.165, 1.54) is 18.2 Å². The number of nitrogens with zero attached hydrogens (tertiary/aromatic N) is 1. The van der Waals surface area contributed by atoms with Gasteiger partial charge in [-0.25, -0.2) is 22.2 Å². The lowest BCUT2D eigenvalue weighted by Gasteiger charge is -2.13. The molecule has 0 aliphatic rings. The topological polar surface area (TPSA) is 82.6 Å². The maximum Gasteiger partial charge on any atom is 0.234 e. The van der Waals surface area contributed by atoms with Crippen LogP contribution in [0.15, 0.2) is 47.5 Å². The Kier molecular flexibility index (Phi) is 7.74. The number of anilines is 1. The number of hydrogen-bond acceptors (Lipinski definition) is 3. The van der Waals surface area contributed by atoms with E-state index in [1.54, 1.807) is 25.1 Å². The van der Waals surface area contributed by atoms with Crippen LogP contribution in [0, 0.1) is 18.6 Å². The summed E-state index contributed by atoms with van der Waals surface area (Å²) >= 11 is 0. The molecule has 2 aromatic carbocycles. The maximum absolute atomic E-state index is 13.7. The highest BCUT2D eigenvalue weighted by molar-refractivity contribution is 7.92. The highest BCUT2D eigenvalue weighted by atomic mass is 32.2. The molecule has 0 heterocycles. The van der Waals surface area contributed by atoms with Crippen molar-refractivity contribution in [3.63, 3.8) is 0 Å². The van der Waals surface area contributed by atoms with Crippen molar-refractivity contribution in [2.75, 3.05) is 23.6 Å². The number of halogens is 2. The summed E-state index contributed by atoms with van der Waals surface area (Å²) in [6.45, 7) is 4.23. The summed E-state index contributed by atoms with van der Waals surface area (Å²) in [5.41, 5.74) is 1.05. The van der Waals surface area contributed by atoms with E-state index in [-0.39, 0.29) is 30.3 Å². The summed E-state index contributed by atoms with van der Waals surface area (Å²) in [7, 11) is -3.67. The smallest absolute Gasteiger partial charge is 0.234 e. The molecular formula is C19H24F2N4O2S. The molecule has 0 saturated carbocycles. The number of hydrogen-bond donors (Lipinski definition) is 3. The average molecular weight is 410 g/mol. The second kappa shape index (κ2) is 10.0. The number of benzene rings is 2. The van der Waals surface area contributed by atoms with Gasteiger partial charge < -0.3 is 10.6 Å². The molecule has 0 aliphatic carbocycles. The summed E-state index contributed by atoms with van der Waals surface area (Å²) < 4.78 is 53.9. The molecule has 0 aromatic heterocycles. The normalized spacial score (nSPS) is 11.9. The van der Waals surface area contributed by atoms with Crippen molar-refractivity contribution in [3.8, 4) is 0 Å². The summed E-state index contributed by atoms with van der Waals surface area (Å²) in [4.78, 5) is 4.26. The van der Waals surface area contributed by atoms with Crippen LogP contribution in [0.25, 0.3) is 0 Å². The highest BCUT2D eigenvalue weighted by Gasteiger charge is 2.12. The third-order valence-electron chi connectivity index (χ3n) is 3.82. The zero-order valence-corrected chi connectivity index (χ0v) is 16.6. The molecule has 0 spiro atoms. The molecule has 28 heavy (non-hydrogen) atoms. The number of rotatable bonds is 8. The van der Waals surface area contributed by atoms with Gasteiger partial charge in [-0.1, -0.05) is 24.3 Å². The van der Waals surface area contributed by atoms with Crippen molar-refractivity contribution in [3.05, 3.63) is 65.2 Å². The fourth-order valence-electron chi connectivity index (χ4n) is 2.32. The molecule has 152 valence electrons. The standard InChI is InChI=1S/C19H24F2N4O2S/c1-3-22-19(24-13-15-6-4-5-7-17(15)20)23-10-11-28(26,27)25-16-9-8-14(2)18(21)12-16/h4-9,12,25H,3,10-11,13H2,1-2H3,(H2,22,23,24). The van der Waals surface area contributed by atoms with Gasteiger partial charge in [-0.3, -0.25) is 4.72 Å². The molecule has 2 rings (SSSR count). The van der Waals surface area contributed by atoms with Gasteiger partial charge in [0, 0.05) is 18.7 Å². The van der Waals surface area contributed by atoms with Gasteiger partial charge in [-0.2, -0.15) is 0 Å². The lowest BCUT2D eigenvalue weighted by molar-refractivity contribution is 0.599. The second-order valence-electron chi connectivity index (χ2n) is 6.10. The average Bonchev–Trinajstić information content (AvgIpc) is 2.63. The predicted octanol–water partition coefficient (Wildman–Crippen LogP) is 2.77. The molecule has 0 fully saturated rings. The van der Waals surface area contributed by atoms with Crippen LogP contribution in [0.4, 0.5) is 14.5 Å². The first-order valence-electron chi connectivity index (χ1n) is 8.83. The van der Waals surface area contributed by atoms with E-state index < -0.39 is 15.8 Å². The van der Waals surface area contributed by atoms with Gasteiger partial charge in [0.15, 0.2) is 5.96 Å². The van der Waals surface area contributed by atoms with Gasteiger partial charge in [0.2, 0.25) is 10.0 Å². The Morgan fingerprint density at radius 1 is 1.07 bits per heavy atom. The van der Waals surface area contributed by atoms with Crippen molar-refractivity contribution in [2.45, 2.75) is 20.4 Å². The molecule has 6 nitrogen and oxygen atoms in total. The predicted molar refractivity (Wildman–Crippen MR) is 108 cm³/mol. The van der Waals surface area contributed by atoms with Crippen LogP contribution in [0.1, 0.15) is 18.1 Å². The minimum atomic E-state index is -3.67. The molecule has 0 unspecified atom stereocenters. The summed E-state index contributed by atoms with van der Waals surface area (Å²) in [5, 5.41) is 5.87. The Morgan fingerprint density at radius 2 is 1.82 bits per heavy atom. The van der Waals surface area contributed by atoms with Crippen molar-refractivity contribution in [1.29, 1.82) is 0 Å². The van der Waals surface area contributed by atoms with Crippen LogP contribution in [-0.2, 0) is 16.6 Å². The van der Waals surface area contributed by atoms with Crippen LogP contribution in [0.2, 0.25) is 0 Å². The summed E-state index contributed by atoms with van der Waals surface area (Å²) in [6.07, 6.45) is 0. The third-order valence-corrected chi connectivity index (χ3v) is 5.11. The molecule has 0 amide bonds. The monoisotopic (exact) mass is 410 g/mol. The lowest BCUT2D eigenvalue weighted by Crippen LogP contribution is -2.40. The SMILES string of the molecule is CCNC(=NCc1ccccc1F)NCCS(=O)(=O)Nc1ccc(C)c(F)c1. The Labute approximate surface area is 164 Å². The minimum Gasteiger partial charge on any atom is -0.357 e. The van der Waals surface area contributed by atoms with Crippen molar-refractivity contribution in [2.24, 2.45) is 4.99 Å². The summed E-state index contributed by atoms with van der Waals surface area (Å²) in [5.74, 6) is -0.693. The second-order valence-corrected chi connectivity index (χ2v) is 7.94. The maximum atomic E-state index is 13.7. The number of sulfonamides is 1. The van der Waals surface area contributed by atoms with Crippen LogP contribution in [0.3, 0.4) is 0 Å². The molecule has 0 saturated heterocycles. The van der Waals surface area contributed by atoms with Crippen LogP contribution < -0.4 is 15.4 Å². The Bertz CT molecular complexity index is 933. The largest absolute Gasteiger partial charge is 0.357 e. The molecule has 0 atom stereocenters. The van der Waals surface area contributed by atoms with E-state index in [4.69, 9.17) is 0 Å². The van der Waals surface area contributed by atoms with E-state index in [2.05, 4.69) is 20.3 Å². The van der Waals surface area contributed by atoms with Crippen LogP contribution in [0.5, 0.6) is 0 Å². The van der Waals surface area contributed by atoms with Gasteiger partial charge in [-0.05, 0) is 37.6 Å². The van der Waals surface area contributed by atoms with Gasteiger partial charge in [-0.15, -0.1) is 0 Å². The first-order valence-corrected chi connectivity index (χ1v) is 10.5. The van der Waals surface area contributed by atoms with Crippen molar-refractivity contribution < 1.29 is 17.2 Å². The molecule has 9 heteroatoms. The van der Waals surface area contributed by atoms with E-state index in [9.17, 15) is 17.2 Å². The van der Waals surface area contributed by atoms with Crippen LogP contribution >= 0.6 is 0 Å². The number of guanidine groups is 1. The third kappa shape index (κ3) is 6.80. The van der Waals surface area contributed by atoms with E-state index in [1.807, 2.05) is 6.92 Å². The fourth-order valence-corrected chi connectivity index (χ4v) is 3.28. The zero-order chi connectivity index (χ0) is 20.6. The summed E-state index contributed by atoms with van der Waals surface area (Å²) in [6, 6.07) is 10.5. The number of aryl methyl sites for hydroxylation is 1. The van der Waals surface area contributed by atoms with Gasteiger partial charge in [0.1, 0.15) is 11.6 Å². The molecule has 3 N–H and O–H groups in total.